The largest absolute Gasteiger partial charge is 0.416 e. The molecule has 2 fully saturated rings. The van der Waals surface area contributed by atoms with Crippen LogP contribution in [0.5, 0.6) is 0 Å². The lowest BCUT2D eigenvalue weighted by Crippen LogP contribution is -2.46. The first kappa shape index (κ1) is 26.6. The third-order valence-electron chi connectivity index (χ3n) is 6.36. The van der Waals surface area contributed by atoms with E-state index in [0.29, 0.717) is 45.0 Å². The molecule has 2 aromatic carbocycles. The lowest BCUT2D eigenvalue weighted by molar-refractivity contribution is -0.228. The highest BCUT2D eigenvalue weighted by Gasteiger charge is 2.36. The summed E-state index contributed by atoms with van der Waals surface area (Å²) in [4.78, 5) is 4.34. The number of benzene rings is 2. The highest BCUT2D eigenvalue weighted by molar-refractivity contribution is 5.27. The van der Waals surface area contributed by atoms with E-state index in [1.54, 1.807) is 25.1 Å². The molecule has 0 saturated carbocycles. The molecule has 5 nitrogen and oxygen atoms in total. The van der Waals surface area contributed by atoms with Crippen molar-refractivity contribution >= 4 is 0 Å². The molecular weight excluding hydrogens is 476 g/mol. The zero-order valence-corrected chi connectivity index (χ0v) is 20.1. The van der Waals surface area contributed by atoms with Crippen LogP contribution in [-0.4, -0.2) is 68.6 Å². The molecule has 2 aromatic rings. The van der Waals surface area contributed by atoms with Crippen LogP contribution in [0.4, 0.5) is 17.6 Å². The summed E-state index contributed by atoms with van der Waals surface area (Å²) in [5, 5.41) is 0. The molecule has 194 valence electrons. The minimum absolute atomic E-state index is 0.359. The summed E-state index contributed by atoms with van der Waals surface area (Å²) in [6.45, 7) is 6.90. The number of ether oxygens (including phenoxy) is 3. The van der Waals surface area contributed by atoms with Gasteiger partial charge in [0.15, 0.2) is 6.29 Å². The van der Waals surface area contributed by atoms with Crippen LogP contribution in [0.25, 0.3) is 0 Å². The van der Waals surface area contributed by atoms with Gasteiger partial charge in [-0.25, -0.2) is 4.39 Å². The molecule has 36 heavy (non-hydrogen) atoms. The van der Waals surface area contributed by atoms with Crippen LogP contribution in [0.2, 0.25) is 0 Å². The van der Waals surface area contributed by atoms with E-state index in [4.69, 9.17) is 14.2 Å². The summed E-state index contributed by atoms with van der Waals surface area (Å²) in [5.74, 6) is 6.08. The van der Waals surface area contributed by atoms with Gasteiger partial charge in [0.1, 0.15) is 5.82 Å². The predicted octanol–water partition coefficient (Wildman–Crippen LogP) is 4.66. The lowest BCUT2D eigenvalue weighted by atomic mass is 10.0. The first-order valence-electron chi connectivity index (χ1n) is 12.0. The fourth-order valence-corrected chi connectivity index (χ4v) is 4.34. The van der Waals surface area contributed by atoms with Gasteiger partial charge in [-0.2, -0.15) is 13.2 Å². The van der Waals surface area contributed by atoms with E-state index in [1.807, 2.05) is 0 Å². The van der Waals surface area contributed by atoms with Crippen molar-refractivity contribution in [2.75, 3.05) is 52.5 Å². The monoisotopic (exact) mass is 506 g/mol. The average molecular weight is 507 g/mol. The number of halogens is 4. The second kappa shape index (κ2) is 12.2. The van der Waals surface area contributed by atoms with Gasteiger partial charge in [0.2, 0.25) is 0 Å². The molecule has 2 heterocycles. The van der Waals surface area contributed by atoms with Gasteiger partial charge in [-0.15, -0.1) is 0 Å². The number of hydrogen-bond acceptors (Lipinski definition) is 5. The van der Waals surface area contributed by atoms with Gasteiger partial charge in [0, 0.05) is 19.6 Å². The van der Waals surface area contributed by atoms with E-state index < -0.39 is 30.2 Å². The molecule has 0 spiro atoms. The number of alkyl halides is 3. The van der Waals surface area contributed by atoms with Crippen LogP contribution in [0.1, 0.15) is 35.8 Å². The number of rotatable bonds is 6. The molecule has 4 rings (SSSR count). The van der Waals surface area contributed by atoms with Crippen LogP contribution >= 0.6 is 0 Å². The Morgan fingerprint density at radius 1 is 1.00 bits per heavy atom. The van der Waals surface area contributed by atoms with Gasteiger partial charge < -0.3 is 14.2 Å². The van der Waals surface area contributed by atoms with E-state index in [9.17, 15) is 17.6 Å². The van der Waals surface area contributed by atoms with E-state index in [0.717, 1.165) is 30.8 Å². The third kappa shape index (κ3) is 7.05. The maximum atomic E-state index is 13.6. The Morgan fingerprint density at radius 2 is 1.72 bits per heavy atom. The second-order valence-corrected chi connectivity index (χ2v) is 8.85. The molecule has 0 aliphatic carbocycles. The van der Waals surface area contributed by atoms with Gasteiger partial charge in [-0.3, -0.25) is 9.80 Å². The first-order chi connectivity index (χ1) is 17.3. The van der Waals surface area contributed by atoms with E-state index in [-0.39, 0.29) is 5.82 Å². The zero-order chi connectivity index (χ0) is 25.5. The van der Waals surface area contributed by atoms with Crippen LogP contribution in [0, 0.1) is 17.7 Å². The van der Waals surface area contributed by atoms with Gasteiger partial charge in [-0.05, 0) is 42.3 Å². The molecule has 3 atom stereocenters. The molecule has 2 saturated heterocycles. The lowest BCUT2D eigenvalue weighted by Gasteiger charge is -2.41. The topological polar surface area (TPSA) is 34.2 Å². The maximum absolute atomic E-state index is 13.6. The molecule has 2 aliphatic heterocycles. The maximum Gasteiger partial charge on any atom is 0.416 e. The van der Waals surface area contributed by atoms with E-state index in [2.05, 4.69) is 21.6 Å². The quantitative estimate of drug-likeness (QED) is 0.421. The molecule has 2 unspecified atom stereocenters. The normalized spacial score (nSPS) is 22.6. The third-order valence-corrected chi connectivity index (χ3v) is 6.36. The van der Waals surface area contributed by atoms with Crippen molar-refractivity contribution in [2.24, 2.45) is 0 Å². The molecule has 0 bridgehead atoms. The summed E-state index contributed by atoms with van der Waals surface area (Å²) < 4.78 is 70.7. The highest BCUT2D eigenvalue weighted by atomic mass is 19.4. The molecular formula is C27H30F4N2O3. The standard InChI is InChI=1S/C27H30F4N2O3/c1-20(22-5-4-6-23(19-22)27(29,30)31)36-26-25(21-7-9-24(28)10-8-21)33(15-18-35-26)12-3-2-11-32-13-16-34-17-14-32/h4-10,19-20,25-26H,11-18H2,1H3/t20-,25?,26?/m1/s1. The zero-order valence-electron chi connectivity index (χ0n) is 20.1. The minimum atomic E-state index is -4.44. The molecule has 0 N–H and O–H groups in total. The van der Waals surface area contributed by atoms with Crippen LogP contribution < -0.4 is 0 Å². The Balaban J connectivity index is 1.50. The van der Waals surface area contributed by atoms with Crippen LogP contribution in [0.15, 0.2) is 48.5 Å². The Hall–Kier alpha value is -2.48. The molecule has 0 radical (unpaired) electrons. The van der Waals surface area contributed by atoms with Crippen molar-refractivity contribution in [3.8, 4) is 11.8 Å². The summed E-state index contributed by atoms with van der Waals surface area (Å²) in [5.41, 5.74) is 0.452. The minimum Gasteiger partial charge on any atom is -0.379 e. The van der Waals surface area contributed by atoms with Crippen molar-refractivity contribution in [3.05, 3.63) is 71.0 Å². The van der Waals surface area contributed by atoms with Crippen LogP contribution in [-0.2, 0) is 20.4 Å². The van der Waals surface area contributed by atoms with Crippen molar-refractivity contribution in [2.45, 2.75) is 31.5 Å². The van der Waals surface area contributed by atoms with Gasteiger partial charge >= 0.3 is 6.18 Å². The summed E-state index contributed by atoms with van der Waals surface area (Å²) in [7, 11) is 0. The van der Waals surface area contributed by atoms with Crippen molar-refractivity contribution in [3.63, 3.8) is 0 Å². The van der Waals surface area contributed by atoms with Gasteiger partial charge in [0.25, 0.3) is 0 Å². The number of nitrogens with zero attached hydrogens (tertiary/aromatic N) is 2. The summed E-state index contributed by atoms with van der Waals surface area (Å²) in [6, 6.07) is 10.8. The van der Waals surface area contributed by atoms with Crippen molar-refractivity contribution in [1.82, 2.24) is 9.80 Å². The highest BCUT2D eigenvalue weighted by Crippen LogP contribution is 2.35. The summed E-state index contributed by atoms with van der Waals surface area (Å²) in [6.07, 6.45) is -5.87. The summed E-state index contributed by atoms with van der Waals surface area (Å²) >= 11 is 0. The Morgan fingerprint density at radius 3 is 2.44 bits per heavy atom. The van der Waals surface area contributed by atoms with Crippen molar-refractivity contribution < 1.29 is 31.8 Å². The second-order valence-electron chi connectivity index (χ2n) is 8.85. The molecule has 2 aliphatic rings. The molecule has 0 aromatic heterocycles. The fourth-order valence-electron chi connectivity index (χ4n) is 4.34. The number of hydrogen-bond donors (Lipinski definition) is 0. The van der Waals surface area contributed by atoms with Crippen LogP contribution in [0.3, 0.4) is 0 Å². The predicted molar refractivity (Wildman–Crippen MR) is 126 cm³/mol. The fraction of sp³-hybridized carbons (Fsp3) is 0.481. The SMILES string of the molecule is C[C@@H](OC1OCCN(CC#CCN2CCOCC2)C1c1ccc(F)cc1)c1cccc(C(F)(F)F)c1. The van der Waals surface area contributed by atoms with E-state index in [1.165, 1.54) is 18.2 Å². The smallest absolute Gasteiger partial charge is 0.379 e. The van der Waals surface area contributed by atoms with Crippen molar-refractivity contribution in [1.29, 1.82) is 0 Å². The Labute approximate surface area is 208 Å². The number of morpholine rings is 2. The van der Waals surface area contributed by atoms with Gasteiger partial charge in [0.05, 0.1) is 50.6 Å². The molecule has 0 amide bonds. The molecule has 9 heteroatoms. The van der Waals surface area contributed by atoms with Gasteiger partial charge in [-0.1, -0.05) is 36.1 Å². The average Bonchev–Trinajstić information content (AvgIpc) is 2.88. The first-order valence-corrected chi connectivity index (χ1v) is 12.0. The Kier molecular flexibility index (Phi) is 8.99. The Bertz CT molecular complexity index is 1050. The van der Waals surface area contributed by atoms with E-state index >= 15 is 0 Å².